The third kappa shape index (κ3) is 2.04. The second-order valence-electron chi connectivity index (χ2n) is 5.19. The molecule has 0 amide bonds. The van der Waals surface area contributed by atoms with Crippen molar-refractivity contribution >= 4 is 10.9 Å². The summed E-state index contributed by atoms with van der Waals surface area (Å²) in [4.78, 5) is 3.36. The number of para-hydroxylation sites is 1. The minimum atomic E-state index is 0.418. The van der Waals surface area contributed by atoms with Crippen molar-refractivity contribution in [3.8, 4) is 0 Å². The molecular formula is C15H21N3. The Morgan fingerprint density at radius 1 is 1.28 bits per heavy atom. The normalized spacial score (nSPS) is 22.2. The Morgan fingerprint density at radius 2 is 2.17 bits per heavy atom. The first kappa shape index (κ1) is 11.8. The molecule has 4 N–H and O–H groups in total. The van der Waals surface area contributed by atoms with E-state index in [4.69, 9.17) is 5.73 Å². The van der Waals surface area contributed by atoms with E-state index in [9.17, 15) is 0 Å². The Bertz CT molecular complexity index is 511. The third-order valence-electron chi connectivity index (χ3n) is 4.11. The highest BCUT2D eigenvalue weighted by atomic mass is 14.9. The Kier molecular flexibility index (Phi) is 3.35. The maximum atomic E-state index is 6.03. The number of nitrogens with one attached hydrogen (secondary N) is 2. The fourth-order valence-electron chi connectivity index (χ4n) is 3.13. The van der Waals surface area contributed by atoms with E-state index in [1.807, 2.05) is 0 Å². The zero-order chi connectivity index (χ0) is 12.4. The fraction of sp³-hybridized carbons (Fsp3) is 0.467. The number of hydrogen-bond acceptors (Lipinski definition) is 2. The molecule has 3 nitrogen and oxygen atoms in total. The largest absolute Gasteiger partial charge is 0.361 e. The average Bonchev–Trinajstić information content (AvgIpc) is 2.85. The Labute approximate surface area is 108 Å². The number of nitrogens with two attached hydrogens (primary N) is 1. The number of aromatic nitrogens is 1. The lowest BCUT2D eigenvalue weighted by atomic mass is 9.86. The van der Waals surface area contributed by atoms with E-state index in [-0.39, 0.29) is 0 Å². The number of rotatable bonds is 3. The molecule has 96 valence electrons. The number of hydrogen-bond donors (Lipinski definition) is 3. The molecule has 3 rings (SSSR count). The summed E-state index contributed by atoms with van der Waals surface area (Å²) in [5.74, 6) is 0.418. The van der Waals surface area contributed by atoms with E-state index in [1.165, 1.54) is 35.7 Å². The van der Waals surface area contributed by atoms with Crippen molar-refractivity contribution in [2.45, 2.75) is 31.2 Å². The standard InChI is InChI=1S/C15H21N3/c16-9-12(15-7-3-4-8-17-15)13-10-18-14-6-2-1-5-11(13)14/h1-2,5-6,10,12,15,17-18H,3-4,7-9,16H2. The summed E-state index contributed by atoms with van der Waals surface area (Å²) in [6.07, 6.45) is 5.98. The predicted molar refractivity (Wildman–Crippen MR) is 75.7 cm³/mol. The molecule has 1 aromatic carbocycles. The molecule has 2 atom stereocenters. The van der Waals surface area contributed by atoms with Gasteiger partial charge in [0.15, 0.2) is 0 Å². The molecule has 0 saturated carbocycles. The van der Waals surface area contributed by atoms with Crippen molar-refractivity contribution in [3.63, 3.8) is 0 Å². The minimum absolute atomic E-state index is 0.418. The molecule has 1 saturated heterocycles. The van der Waals surface area contributed by atoms with E-state index in [0.717, 1.165) is 6.54 Å². The molecule has 1 aliphatic rings. The van der Waals surface area contributed by atoms with Gasteiger partial charge in [0.05, 0.1) is 0 Å². The quantitative estimate of drug-likeness (QED) is 0.775. The predicted octanol–water partition coefficient (Wildman–Crippen LogP) is 2.35. The second-order valence-corrected chi connectivity index (χ2v) is 5.19. The maximum Gasteiger partial charge on any atom is 0.0456 e. The number of fused-ring (bicyclic) bond motifs is 1. The Hall–Kier alpha value is -1.32. The first-order chi connectivity index (χ1) is 8.90. The van der Waals surface area contributed by atoms with Gasteiger partial charge in [0.2, 0.25) is 0 Å². The van der Waals surface area contributed by atoms with Crippen LogP contribution in [0.5, 0.6) is 0 Å². The van der Waals surface area contributed by atoms with Gasteiger partial charge >= 0.3 is 0 Å². The molecule has 2 unspecified atom stereocenters. The summed E-state index contributed by atoms with van der Waals surface area (Å²) in [6.45, 7) is 1.84. The van der Waals surface area contributed by atoms with E-state index in [0.29, 0.717) is 18.5 Å². The van der Waals surface area contributed by atoms with Gasteiger partial charge in [0, 0.05) is 35.6 Å². The lowest BCUT2D eigenvalue weighted by molar-refractivity contribution is 0.353. The molecule has 1 aromatic heterocycles. The Morgan fingerprint density at radius 3 is 2.94 bits per heavy atom. The summed E-state index contributed by atoms with van der Waals surface area (Å²) in [7, 11) is 0. The van der Waals surface area contributed by atoms with E-state index >= 15 is 0 Å². The van der Waals surface area contributed by atoms with Gasteiger partial charge in [-0.05, 0) is 31.0 Å². The lowest BCUT2D eigenvalue weighted by Crippen LogP contribution is -2.41. The summed E-state index contributed by atoms with van der Waals surface area (Å²) in [5, 5.41) is 4.95. The highest BCUT2D eigenvalue weighted by Gasteiger charge is 2.25. The monoisotopic (exact) mass is 243 g/mol. The number of H-pyrrole nitrogens is 1. The first-order valence-electron chi connectivity index (χ1n) is 6.89. The van der Waals surface area contributed by atoms with Gasteiger partial charge in [-0.25, -0.2) is 0 Å². The molecule has 1 fully saturated rings. The van der Waals surface area contributed by atoms with Crippen LogP contribution in [0.1, 0.15) is 30.7 Å². The number of piperidine rings is 1. The van der Waals surface area contributed by atoms with Gasteiger partial charge in [0.25, 0.3) is 0 Å². The molecule has 2 heterocycles. The van der Waals surface area contributed by atoms with Gasteiger partial charge in [0.1, 0.15) is 0 Å². The van der Waals surface area contributed by atoms with Gasteiger partial charge < -0.3 is 16.0 Å². The molecule has 2 aromatic rings. The van der Waals surface area contributed by atoms with Crippen LogP contribution in [0.4, 0.5) is 0 Å². The zero-order valence-corrected chi connectivity index (χ0v) is 10.7. The molecule has 3 heteroatoms. The van der Waals surface area contributed by atoms with Crippen LogP contribution in [0.2, 0.25) is 0 Å². The fourth-order valence-corrected chi connectivity index (χ4v) is 3.13. The van der Waals surface area contributed by atoms with Crippen LogP contribution in [0.15, 0.2) is 30.5 Å². The summed E-state index contributed by atoms with van der Waals surface area (Å²) in [6, 6.07) is 9.01. The van der Waals surface area contributed by atoms with Crippen LogP contribution in [-0.4, -0.2) is 24.1 Å². The van der Waals surface area contributed by atoms with E-state index < -0.39 is 0 Å². The van der Waals surface area contributed by atoms with E-state index in [1.54, 1.807) is 0 Å². The highest BCUT2D eigenvalue weighted by Crippen LogP contribution is 2.30. The summed E-state index contributed by atoms with van der Waals surface area (Å²) >= 11 is 0. The van der Waals surface area contributed by atoms with Gasteiger partial charge in [-0.3, -0.25) is 0 Å². The van der Waals surface area contributed by atoms with Crippen LogP contribution in [0.25, 0.3) is 10.9 Å². The van der Waals surface area contributed by atoms with E-state index in [2.05, 4.69) is 40.8 Å². The summed E-state index contributed by atoms with van der Waals surface area (Å²) in [5.41, 5.74) is 8.61. The lowest BCUT2D eigenvalue weighted by Gasteiger charge is -2.30. The topological polar surface area (TPSA) is 53.8 Å². The van der Waals surface area contributed by atoms with Crippen molar-refractivity contribution in [1.82, 2.24) is 10.3 Å². The van der Waals surface area contributed by atoms with Crippen molar-refractivity contribution in [1.29, 1.82) is 0 Å². The number of aromatic amines is 1. The Balaban J connectivity index is 1.95. The van der Waals surface area contributed by atoms with Crippen LogP contribution >= 0.6 is 0 Å². The maximum absolute atomic E-state index is 6.03. The first-order valence-corrected chi connectivity index (χ1v) is 6.89. The zero-order valence-electron chi connectivity index (χ0n) is 10.7. The van der Waals surface area contributed by atoms with Crippen LogP contribution in [0.3, 0.4) is 0 Å². The van der Waals surface area contributed by atoms with Crippen molar-refractivity contribution < 1.29 is 0 Å². The van der Waals surface area contributed by atoms with Crippen molar-refractivity contribution in [2.75, 3.05) is 13.1 Å². The average molecular weight is 243 g/mol. The molecule has 0 spiro atoms. The van der Waals surface area contributed by atoms with Crippen molar-refractivity contribution in [3.05, 3.63) is 36.0 Å². The summed E-state index contributed by atoms with van der Waals surface area (Å²) < 4.78 is 0. The molecule has 0 aliphatic carbocycles. The van der Waals surface area contributed by atoms with Gasteiger partial charge in [-0.15, -0.1) is 0 Å². The minimum Gasteiger partial charge on any atom is -0.361 e. The molecular weight excluding hydrogens is 222 g/mol. The molecule has 0 bridgehead atoms. The van der Waals surface area contributed by atoms with Crippen LogP contribution in [0, 0.1) is 0 Å². The van der Waals surface area contributed by atoms with Crippen LogP contribution < -0.4 is 11.1 Å². The molecule has 18 heavy (non-hydrogen) atoms. The SMILES string of the molecule is NCC(c1c[nH]c2ccccc12)C1CCCCN1. The number of benzene rings is 1. The second kappa shape index (κ2) is 5.12. The third-order valence-corrected chi connectivity index (χ3v) is 4.11. The molecule has 1 aliphatic heterocycles. The molecule has 0 radical (unpaired) electrons. The van der Waals surface area contributed by atoms with Gasteiger partial charge in [-0.1, -0.05) is 24.6 Å². The highest BCUT2D eigenvalue weighted by molar-refractivity contribution is 5.83. The van der Waals surface area contributed by atoms with Gasteiger partial charge in [-0.2, -0.15) is 0 Å². The van der Waals surface area contributed by atoms with Crippen LogP contribution in [-0.2, 0) is 0 Å². The smallest absolute Gasteiger partial charge is 0.0456 e. The van der Waals surface area contributed by atoms with Crippen molar-refractivity contribution in [2.24, 2.45) is 5.73 Å².